The van der Waals surface area contributed by atoms with Gasteiger partial charge >= 0.3 is 6.18 Å². The van der Waals surface area contributed by atoms with Crippen LogP contribution in [-0.2, 0) is 15.7 Å². The second-order valence-corrected chi connectivity index (χ2v) is 5.78. The van der Waals surface area contributed by atoms with E-state index in [1.807, 2.05) is 12.1 Å². The maximum absolute atomic E-state index is 13.3. The highest BCUT2D eigenvalue weighted by Gasteiger charge is 2.36. The summed E-state index contributed by atoms with van der Waals surface area (Å²) in [5.41, 5.74) is -1.07. The van der Waals surface area contributed by atoms with Gasteiger partial charge in [0, 0.05) is 19.2 Å². The van der Waals surface area contributed by atoms with Crippen molar-refractivity contribution in [2.24, 2.45) is 0 Å². The highest BCUT2D eigenvalue weighted by molar-refractivity contribution is 5.48. The Morgan fingerprint density at radius 1 is 1.00 bits per heavy atom. The maximum atomic E-state index is 13.3. The second-order valence-electron chi connectivity index (χ2n) is 5.78. The van der Waals surface area contributed by atoms with Crippen LogP contribution in [0.25, 0.3) is 0 Å². The Kier molecular flexibility index (Phi) is 5.11. The first kappa shape index (κ1) is 18.2. The van der Waals surface area contributed by atoms with Crippen molar-refractivity contribution in [2.75, 3.05) is 49.2 Å². The van der Waals surface area contributed by atoms with Gasteiger partial charge in [-0.05, 0) is 0 Å². The zero-order chi connectivity index (χ0) is 18.7. The van der Waals surface area contributed by atoms with Gasteiger partial charge < -0.3 is 19.3 Å². The average Bonchev–Trinajstić information content (AvgIpc) is 2.67. The smallest absolute Gasteiger partial charge is 0.360 e. The molecule has 3 heterocycles. The number of morpholine rings is 2. The zero-order valence-electron chi connectivity index (χ0n) is 13.6. The van der Waals surface area contributed by atoms with Gasteiger partial charge in [0.15, 0.2) is 17.9 Å². The molecular weight excluding hydrogens is 353 g/mol. The molecule has 2 fully saturated rings. The quantitative estimate of drug-likeness (QED) is 0.761. The van der Waals surface area contributed by atoms with Gasteiger partial charge in [-0.1, -0.05) is 0 Å². The molecule has 2 aliphatic rings. The van der Waals surface area contributed by atoms with Crippen LogP contribution in [0, 0.1) is 22.7 Å². The first-order chi connectivity index (χ1) is 12.4. The molecule has 0 aliphatic carbocycles. The van der Waals surface area contributed by atoms with Crippen LogP contribution in [0.1, 0.15) is 5.69 Å². The number of hydrogen-bond donors (Lipinski definition) is 0. The van der Waals surface area contributed by atoms with Gasteiger partial charge in [-0.25, -0.2) is 4.98 Å². The SMILES string of the molecule is N#CC1CN(c2cc(C(F)(F)F)nc(N3CCOC(C#N)C3)n2)CCO1. The summed E-state index contributed by atoms with van der Waals surface area (Å²) in [7, 11) is 0. The van der Waals surface area contributed by atoms with Gasteiger partial charge in [0.2, 0.25) is 5.95 Å². The number of alkyl halides is 3. The minimum absolute atomic E-state index is 0.0749. The summed E-state index contributed by atoms with van der Waals surface area (Å²) in [6.07, 6.45) is -6.13. The van der Waals surface area contributed by atoms with Crippen LogP contribution < -0.4 is 9.80 Å². The normalized spacial score (nSPS) is 24.0. The molecule has 2 saturated heterocycles. The Morgan fingerprint density at radius 2 is 1.58 bits per heavy atom. The summed E-state index contributed by atoms with van der Waals surface area (Å²) in [6.45, 7) is 1.21. The van der Waals surface area contributed by atoms with Crippen LogP contribution in [0.2, 0.25) is 0 Å². The third kappa shape index (κ3) is 3.95. The summed E-state index contributed by atoms with van der Waals surface area (Å²) in [4.78, 5) is 10.9. The Bertz CT molecular complexity index is 692. The van der Waals surface area contributed by atoms with Crippen molar-refractivity contribution >= 4 is 11.8 Å². The van der Waals surface area contributed by atoms with E-state index in [9.17, 15) is 13.2 Å². The van der Waals surface area contributed by atoms with Gasteiger partial charge in [-0.15, -0.1) is 0 Å². The lowest BCUT2D eigenvalue weighted by atomic mass is 10.2. The minimum atomic E-state index is -4.64. The average molecular weight is 368 g/mol. The second kappa shape index (κ2) is 7.32. The molecule has 26 heavy (non-hydrogen) atoms. The van der Waals surface area contributed by atoms with E-state index in [0.717, 1.165) is 6.07 Å². The number of hydrogen-bond acceptors (Lipinski definition) is 8. The zero-order valence-corrected chi connectivity index (χ0v) is 13.6. The summed E-state index contributed by atoms with van der Waals surface area (Å²) < 4.78 is 50.3. The fourth-order valence-corrected chi connectivity index (χ4v) is 2.72. The predicted octanol–water partition coefficient (Wildman–Crippen LogP) is 0.953. The summed E-state index contributed by atoms with van der Waals surface area (Å²) in [5.74, 6) is -0.0377. The van der Waals surface area contributed by atoms with E-state index in [-0.39, 0.29) is 44.6 Å². The van der Waals surface area contributed by atoms with Gasteiger partial charge in [0.25, 0.3) is 0 Å². The fraction of sp³-hybridized carbons (Fsp3) is 0.600. The molecule has 2 unspecified atom stereocenters. The van der Waals surface area contributed by atoms with Gasteiger partial charge in [-0.3, -0.25) is 0 Å². The van der Waals surface area contributed by atoms with Crippen molar-refractivity contribution in [1.29, 1.82) is 10.5 Å². The van der Waals surface area contributed by atoms with Crippen molar-refractivity contribution in [3.05, 3.63) is 11.8 Å². The molecule has 8 nitrogen and oxygen atoms in total. The van der Waals surface area contributed by atoms with E-state index in [4.69, 9.17) is 20.0 Å². The maximum Gasteiger partial charge on any atom is 0.433 e. The number of nitrogens with zero attached hydrogens (tertiary/aromatic N) is 6. The molecule has 2 aliphatic heterocycles. The lowest BCUT2D eigenvalue weighted by molar-refractivity contribution is -0.141. The molecule has 3 rings (SSSR count). The minimum Gasteiger partial charge on any atom is -0.360 e. The molecule has 0 amide bonds. The van der Waals surface area contributed by atoms with E-state index in [2.05, 4.69) is 9.97 Å². The van der Waals surface area contributed by atoms with Gasteiger partial charge in [-0.2, -0.15) is 28.7 Å². The van der Waals surface area contributed by atoms with Crippen LogP contribution in [0.5, 0.6) is 0 Å². The van der Waals surface area contributed by atoms with Crippen molar-refractivity contribution in [3.8, 4) is 12.1 Å². The van der Waals surface area contributed by atoms with Crippen molar-refractivity contribution in [1.82, 2.24) is 9.97 Å². The van der Waals surface area contributed by atoms with Crippen LogP contribution >= 0.6 is 0 Å². The van der Waals surface area contributed by atoms with Crippen LogP contribution in [0.4, 0.5) is 24.9 Å². The van der Waals surface area contributed by atoms with E-state index in [1.54, 1.807) is 4.90 Å². The van der Waals surface area contributed by atoms with Crippen molar-refractivity contribution in [3.63, 3.8) is 0 Å². The highest BCUT2D eigenvalue weighted by Crippen LogP contribution is 2.32. The lowest BCUT2D eigenvalue weighted by Gasteiger charge is -2.33. The molecule has 0 saturated carbocycles. The number of anilines is 2. The summed E-state index contributed by atoms with van der Waals surface area (Å²) in [6, 6.07) is 4.75. The molecular formula is C15H15F3N6O2. The van der Waals surface area contributed by atoms with E-state index < -0.39 is 24.1 Å². The molecule has 0 N–H and O–H groups in total. The molecule has 2 atom stereocenters. The Morgan fingerprint density at radius 3 is 2.15 bits per heavy atom. The standard InChI is InChI=1S/C15H15F3N6O2/c16-15(17,18)12-5-13(23-1-3-25-10(6-19)8-23)22-14(21-12)24-2-4-26-11(7-20)9-24/h5,10-11H,1-4,8-9H2. The van der Waals surface area contributed by atoms with Crippen LogP contribution in [0.3, 0.4) is 0 Å². The lowest BCUT2D eigenvalue weighted by Crippen LogP contribution is -2.44. The molecule has 0 radical (unpaired) electrons. The molecule has 1 aromatic heterocycles. The molecule has 0 bridgehead atoms. The topological polar surface area (TPSA) is 98.3 Å². The molecule has 1 aromatic rings. The van der Waals surface area contributed by atoms with Crippen molar-refractivity contribution < 1.29 is 22.6 Å². The third-order valence-electron chi connectivity index (χ3n) is 4.02. The highest BCUT2D eigenvalue weighted by atomic mass is 19.4. The number of nitriles is 2. The van der Waals surface area contributed by atoms with Crippen molar-refractivity contribution in [2.45, 2.75) is 18.4 Å². The Hall–Kier alpha value is -2.63. The summed E-state index contributed by atoms with van der Waals surface area (Å²) in [5, 5.41) is 18.0. The largest absolute Gasteiger partial charge is 0.433 e. The first-order valence-electron chi connectivity index (χ1n) is 7.89. The first-order valence-corrected chi connectivity index (χ1v) is 7.89. The monoisotopic (exact) mass is 368 g/mol. The number of rotatable bonds is 2. The molecule has 0 aromatic carbocycles. The summed E-state index contributed by atoms with van der Waals surface area (Å²) >= 11 is 0. The number of halogens is 3. The van der Waals surface area contributed by atoms with Crippen LogP contribution in [0.15, 0.2) is 6.07 Å². The Balaban J connectivity index is 1.94. The number of ether oxygens (including phenoxy) is 2. The van der Waals surface area contributed by atoms with E-state index >= 15 is 0 Å². The van der Waals surface area contributed by atoms with Crippen LogP contribution in [-0.4, -0.2) is 61.6 Å². The van der Waals surface area contributed by atoms with E-state index in [1.165, 1.54) is 4.90 Å². The molecule has 11 heteroatoms. The number of aromatic nitrogens is 2. The van der Waals surface area contributed by atoms with E-state index in [0.29, 0.717) is 6.54 Å². The fourth-order valence-electron chi connectivity index (χ4n) is 2.72. The van der Waals surface area contributed by atoms with Gasteiger partial charge in [0.05, 0.1) is 38.4 Å². The Labute approximate surface area is 147 Å². The third-order valence-corrected chi connectivity index (χ3v) is 4.02. The predicted molar refractivity (Wildman–Crippen MR) is 82.2 cm³/mol. The van der Waals surface area contributed by atoms with Gasteiger partial charge in [0.1, 0.15) is 5.82 Å². The molecule has 138 valence electrons. The molecule has 0 spiro atoms.